The molecule has 2 aliphatic heterocycles. The number of aromatic nitrogens is 1. The Labute approximate surface area is 181 Å². The summed E-state index contributed by atoms with van der Waals surface area (Å²) in [6, 6.07) is 14.3. The van der Waals surface area contributed by atoms with Gasteiger partial charge in [0.15, 0.2) is 16.3 Å². The first kappa shape index (κ1) is 19.3. The second-order valence-electron chi connectivity index (χ2n) is 7.10. The number of nitrogens with zero attached hydrogens (tertiary/aromatic N) is 2. The monoisotopic (exact) mass is 434 g/mol. The van der Waals surface area contributed by atoms with Gasteiger partial charge in [-0.05, 0) is 36.3 Å². The molecule has 7 nitrogen and oxygen atoms in total. The highest BCUT2D eigenvalue weighted by Crippen LogP contribution is 2.33. The highest BCUT2D eigenvalue weighted by atomic mass is 32.1. The lowest BCUT2D eigenvalue weighted by Gasteiger charge is -2.24. The van der Waals surface area contributed by atoms with E-state index in [-0.39, 0.29) is 12.4 Å². The van der Waals surface area contributed by atoms with Crippen LogP contribution >= 0.6 is 11.3 Å². The second kappa shape index (κ2) is 7.55. The molecular weight excluding hydrogens is 416 g/mol. The average molecular weight is 434 g/mol. The van der Waals surface area contributed by atoms with E-state index >= 15 is 0 Å². The SMILES string of the molecule is COC(=O)C1=C(C)N=c2s/c(=C/c3ccc4c(c3)OCO4)c(=O)n2[C@H]1c1ccccc1. The number of methoxy groups -OCH3 is 1. The zero-order valence-corrected chi connectivity index (χ0v) is 17.6. The normalized spacial score (nSPS) is 17.4. The lowest BCUT2D eigenvalue weighted by Crippen LogP contribution is -2.39. The van der Waals surface area contributed by atoms with E-state index in [4.69, 9.17) is 14.2 Å². The second-order valence-corrected chi connectivity index (χ2v) is 8.11. The van der Waals surface area contributed by atoms with Gasteiger partial charge in [-0.2, -0.15) is 0 Å². The largest absolute Gasteiger partial charge is 0.466 e. The van der Waals surface area contributed by atoms with Gasteiger partial charge in [0.25, 0.3) is 5.56 Å². The van der Waals surface area contributed by atoms with Gasteiger partial charge in [-0.3, -0.25) is 9.36 Å². The minimum atomic E-state index is -0.608. The van der Waals surface area contributed by atoms with Gasteiger partial charge in [0.05, 0.1) is 29.0 Å². The molecule has 0 saturated heterocycles. The van der Waals surface area contributed by atoms with Crippen molar-refractivity contribution < 1.29 is 19.0 Å². The maximum Gasteiger partial charge on any atom is 0.338 e. The van der Waals surface area contributed by atoms with Crippen molar-refractivity contribution in [2.24, 2.45) is 4.99 Å². The summed E-state index contributed by atoms with van der Waals surface area (Å²) < 4.78 is 17.9. The predicted molar refractivity (Wildman–Crippen MR) is 115 cm³/mol. The summed E-state index contributed by atoms with van der Waals surface area (Å²) in [5.41, 5.74) is 2.30. The smallest absolute Gasteiger partial charge is 0.338 e. The van der Waals surface area contributed by atoms with E-state index in [0.717, 1.165) is 11.1 Å². The molecule has 3 aromatic rings. The van der Waals surface area contributed by atoms with Crippen LogP contribution in [0.4, 0.5) is 0 Å². The topological polar surface area (TPSA) is 79.1 Å². The number of fused-ring (bicyclic) bond motifs is 2. The highest BCUT2D eigenvalue weighted by molar-refractivity contribution is 7.07. The van der Waals surface area contributed by atoms with Gasteiger partial charge in [-0.15, -0.1) is 0 Å². The fraction of sp³-hybridized carbons (Fsp3) is 0.174. The van der Waals surface area contributed by atoms with Crippen molar-refractivity contribution in [3.05, 3.63) is 90.6 Å². The van der Waals surface area contributed by atoms with Crippen LogP contribution in [-0.4, -0.2) is 24.4 Å². The summed E-state index contributed by atoms with van der Waals surface area (Å²) in [7, 11) is 1.33. The van der Waals surface area contributed by atoms with E-state index in [1.165, 1.54) is 18.4 Å². The molecule has 0 amide bonds. The van der Waals surface area contributed by atoms with Crippen LogP contribution in [0.15, 0.2) is 69.6 Å². The Hall–Kier alpha value is -3.65. The number of thiazole rings is 1. The third-order valence-corrected chi connectivity index (χ3v) is 6.22. The van der Waals surface area contributed by atoms with Crippen LogP contribution in [0.3, 0.4) is 0 Å². The maximum atomic E-state index is 13.5. The molecule has 1 aromatic heterocycles. The molecule has 8 heteroatoms. The van der Waals surface area contributed by atoms with E-state index in [9.17, 15) is 9.59 Å². The van der Waals surface area contributed by atoms with Crippen LogP contribution in [-0.2, 0) is 9.53 Å². The molecule has 2 aliphatic rings. The molecule has 0 radical (unpaired) electrons. The lowest BCUT2D eigenvalue weighted by atomic mass is 9.96. The maximum absolute atomic E-state index is 13.5. The molecule has 0 aliphatic carbocycles. The Morgan fingerprint density at radius 3 is 2.74 bits per heavy atom. The number of carbonyl (C=O) groups excluding carboxylic acids is 1. The van der Waals surface area contributed by atoms with Crippen molar-refractivity contribution in [2.75, 3.05) is 13.9 Å². The molecule has 0 unspecified atom stereocenters. The van der Waals surface area contributed by atoms with Crippen LogP contribution in [0.2, 0.25) is 0 Å². The van der Waals surface area contributed by atoms with Crippen molar-refractivity contribution in [2.45, 2.75) is 13.0 Å². The summed E-state index contributed by atoms with van der Waals surface area (Å²) in [6.45, 7) is 1.95. The summed E-state index contributed by atoms with van der Waals surface area (Å²) in [4.78, 5) is 31.1. The molecule has 2 aromatic carbocycles. The molecule has 0 fully saturated rings. The molecule has 0 spiro atoms. The first-order valence-electron chi connectivity index (χ1n) is 9.62. The number of allylic oxidation sites excluding steroid dienone is 1. The van der Waals surface area contributed by atoms with Crippen LogP contribution in [0.1, 0.15) is 24.1 Å². The van der Waals surface area contributed by atoms with Gasteiger partial charge in [0.2, 0.25) is 6.79 Å². The van der Waals surface area contributed by atoms with E-state index in [2.05, 4.69) is 4.99 Å². The van der Waals surface area contributed by atoms with Crippen LogP contribution in [0, 0.1) is 0 Å². The number of hydrogen-bond donors (Lipinski definition) is 0. The molecule has 1 atom stereocenters. The molecule has 0 bridgehead atoms. The van der Waals surface area contributed by atoms with Crippen LogP contribution < -0.4 is 24.4 Å². The van der Waals surface area contributed by atoms with Gasteiger partial charge in [-0.1, -0.05) is 47.7 Å². The predicted octanol–water partition coefficient (Wildman–Crippen LogP) is 2.14. The van der Waals surface area contributed by atoms with Crippen LogP contribution in [0.25, 0.3) is 6.08 Å². The number of hydrogen-bond acceptors (Lipinski definition) is 7. The Morgan fingerprint density at radius 2 is 1.97 bits per heavy atom. The highest BCUT2D eigenvalue weighted by Gasteiger charge is 2.32. The number of rotatable bonds is 3. The van der Waals surface area contributed by atoms with Gasteiger partial charge < -0.3 is 14.2 Å². The molecule has 3 heterocycles. The molecule has 31 heavy (non-hydrogen) atoms. The Kier molecular flexibility index (Phi) is 4.71. The molecule has 0 saturated carbocycles. The van der Waals surface area contributed by atoms with Crippen molar-refractivity contribution >= 4 is 23.4 Å². The third-order valence-electron chi connectivity index (χ3n) is 5.24. The standard InChI is InChI=1S/C23H18N2O5S/c1-13-19(22(27)28-2)20(15-6-4-3-5-7-15)25-21(26)18(31-23(25)24-13)11-14-8-9-16-17(10-14)30-12-29-16/h3-11,20H,12H2,1-2H3/b18-11+/t20-/m0/s1. The van der Waals surface area contributed by atoms with E-state index in [1.807, 2.05) is 48.5 Å². The van der Waals surface area contributed by atoms with Crippen molar-refractivity contribution in [1.82, 2.24) is 4.57 Å². The molecule has 156 valence electrons. The van der Waals surface area contributed by atoms with Crippen LogP contribution in [0.5, 0.6) is 11.5 Å². The lowest BCUT2D eigenvalue weighted by molar-refractivity contribution is -0.136. The van der Waals surface area contributed by atoms with E-state index < -0.39 is 12.0 Å². The van der Waals surface area contributed by atoms with Gasteiger partial charge in [-0.25, -0.2) is 9.79 Å². The number of carbonyl (C=O) groups is 1. The van der Waals surface area contributed by atoms with Gasteiger partial charge >= 0.3 is 5.97 Å². The van der Waals surface area contributed by atoms with Crippen molar-refractivity contribution in [3.63, 3.8) is 0 Å². The number of benzene rings is 2. The van der Waals surface area contributed by atoms with E-state index in [0.29, 0.717) is 32.1 Å². The minimum Gasteiger partial charge on any atom is -0.466 e. The fourth-order valence-corrected chi connectivity index (χ4v) is 4.84. The third kappa shape index (κ3) is 3.25. The average Bonchev–Trinajstić information content (AvgIpc) is 3.37. The summed E-state index contributed by atoms with van der Waals surface area (Å²) in [6.07, 6.45) is 1.80. The Bertz CT molecular complexity index is 1400. The first-order valence-corrected chi connectivity index (χ1v) is 10.4. The zero-order chi connectivity index (χ0) is 21.5. The quantitative estimate of drug-likeness (QED) is 0.590. The van der Waals surface area contributed by atoms with E-state index in [1.54, 1.807) is 17.6 Å². The minimum absolute atomic E-state index is 0.188. The van der Waals surface area contributed by atoms with Crippen molar-refractivity contribution in [3.8, 4) is 11.5 Å². The number of ether oxygens (including phenoxy) is 3. The fourth-order valence-electron chi connectivity index (χ4n) is 3.80. The molecule has 0 N–H and O–H groups in total. The van der Waals surface area contributed by atoms with Gasteiger partial charge in [0.1, 0.15) is 0 Å². The first-order chi connectivity index (χ1) is 15.1. The summed E-state index contributed by atoms with van der Waals surface area (Å²) in [5, 5.41) is 0. The molecular formula is C23H18N2O5S. The zero-order valence-electron chi connectivity index (χ0n) is 16.8. The number of esters is 1. The van der Waals surface area contributed by atoms with Crippen molar-refractivity contribution in [1.29, 1.82) is 0 Å². The Balaban J connectivity index is 1.71. The summed E-state index contributed by atoms with van der Waals surface area (Å²) >= 11 is 1.28. The Morgan fingerprint density at radius 1 is 1.19 bits per heavy atom. The molecule has 5 rings (SSSR count). The van der Waals surface area contributed by atoms with Gasteiger partial charge in [0, 0.05) is 0 Å². The summed E-state index contributed by atoms with van der Waals surface area (Å²) in [5.74, 6) is 0.827.